The van der Waals surface area contributed by atoms with Crippen molar-refractivity contribution in [3.8, 4) is 5.75 Å². The molecule has 2 heterocycles. The maximum atomic E-state index is 14.2. The molecule has 6 nitrogen and oxygen atoms in total. The zero-order chi connectivity index (χ0) is 22.3. The quantitative estimate of drug-likeness (QED) is 0.633. The van der Waals surface area contributed by atoms with Crippen molar-refractivity contribution in [3.63, 3.8) is 0 Å². The Balaban J connectivity index is 1.49. The van der Waals surface area contributed by atoms with Crippen LogP contribution in [-0.2, 0) is 11.2 Å². The predicted molar refractivity (Wildman–Crippen MR) is 113 cm³/mol. The highest BCUT2D eigenvalue weighted by Crippen LogP contribution is 2.40. The number of β-amino-alcohol motifs (C(OH)–C–C–N with tert-alkyl or cyclic N) is 1. The number of aliphatic hydroxyl groups is 2. The molecule has 0 bridgehead atoms. The maximum Gasteiger partial charge on any atom is 0.224 e. The van der Waals surface area contributed by atoms with E-state index in [0.29, 0.717) is 24.2 Å². The molecule has 2 aromatic carbocycles. The van der Waals surface area contributed by atoms with Crippen LogP contribution in [0.4, 0.5) is 20.2 Å². The summed E-state index contributed by atoms with van der Waals surface area (Å²) in [4.78, 5) is 13.4. The summed E-state index contributed by atoms with van der Waals surface area (Å²) in [7, 11) is 0. The lowest BCUT2D eigenvalue weighted by Gasteiger charge is -2.43. The number of amides is 1. The molecule has 166 valence electrons. The highest BCUT2D eigenvalue weighted by atomic mass is 35.5. The Morgan fingerprint density at radius 3 is 2.74 bits per heavy atom. The number of carbonyl (C=O) groups is 1. The summed E-state index contributed by atoms with van der Waals surface area (Å²) in [6.07, 6.45) is -0.549. The molecular formula is C21H20Cl2F2N2O4. The lowest BCUT2D eigenvalue weighted by atomic mass is 9.89. The van der Waals surface area contributed by atoms with Gasteiger partial charge < -0.3 is 25.2 Å². The van der Waals surface area contributed by atoms with Gasteiger partial charge in [0.05, 0.1) is 16.4 Å². The molecule has 10 heteroatoms. The van der Waals surface area contributed by atoms with Crippen molar-refractivity contribution in [2.45, 2.75) is 31.0 Å². The monoisotopic (exact) mass is 472 g/mol. The average molecular weight is 473 g/mol. The molecular weight excluding hydrogens is 453 g/mol. The Hall–Kier alpha value is -2.13. The summed E-state index contributed by atoms with van der Waals surface area (Å²) < 4.78 is 33.2. The predicted octanol–water partition coefficient (Wildman–Crippen LogP) is 3.54. The zero-order valence-corrected chi connectivity index (χ0v) is 17.8. The number of fused-ring (bicyclic) bond motifs is 1. The van der Waals surface area contributed by atoms with Crippen molar-refractivity contribution in [1.82, 2.24) is 0 Å². The highest BCUT2D eigenvalue weighted by Gasteiger charge is 2.42. The van der Waals surface area contributed by atoms with E-state index in [1.807, 2.05) is 0 Å². The standard InChI is InChI=1S/C21H20Cl2F2N2O4/c22-13-7-11(24)1-3-15(13)27-6-5-21(30,17(28)9-27)10-31-16-8-14(25)19(23)20-12(16)2-4-18(29)26-20/h1,3,7-8,17,28,30H,2,4-6,9-10H2,(H,26,29). The van der Waals surface area contributed by atoms with Crippen molar-refractivity contribution in [2.75, 3.05) is 29.9 Å². The van der Waals surface area contributed by atoms with Crippen LogP contribution in [0, 0.1) is 11.6 Å². The van der Waals surface area contributed by atoms with E-state index in [9.17, 15) is 23.8 Å². The van der Waals surface area contributed by atoms with Gasteiger partial charge >= 0.3 is 0 Å². The van der Waals surface area contributed by atoms with E-state index >= 15 is 0 Å². The number of carbonyl (C=O) groups excluding carboxylic acids is 1. The first-order valence-electron chi connectivity index (χ1n) is 9.72. The molecule has 0 aromatic heterocycles. The largest absolute Gasteiger partial charge is 0.490 e. The van der Waals surface area contributed by atoms with E-state index in [0.717, 1.165) is 6.07 Å². The molecule has 2 aliphatic rings. The number of aliphatic hydroxyl groups excluding tert-OH is 1. The second-order valence-electron chi connectivity index (χ2n) is 7.77. The van der Waals surface area contributed by atoms with Crippen LogP contribution in [0.1, 0.15) is 18.4 Å². The Morgan fingerprint density at radius 2 is 2.03 bits per heavy atom. The number of piperidine rings is 1. The average Bonchev–Trinajstić information content (AvgIpc) is 2.72. The Morgan fingerprint density at radius 1 is 1.26 bits per heavy atom. The van der Waals surface area contributed by atoms with Gasteiger partial charge in [-0.25, -0.2) is 8.78 Å². The minimum atomic E-state index is -1.59. The molecule has 0 radical (unpaired) electrons. The van der Waals surface area contributed by atoms with E-state index in [-0.39, 0.29) is 53.4 Å². The molecule has 2 atom stereocenters. The van der Waals surface area contributed by atoms with Gasteiger partial charge in [-0.15, -0.1) is 0 Å². The smallest absolute Gasteiger partial charge is 0.224 e. The summed E-state index contributed by atoms with van der Waals surface area (Å²) in [5.41, 5.74) is -0.334. The number of nitrogens with one attached hydrogen (secondary N) is 1. The number of halogens is 4. The van der Waals surface area contributed by atoms with E-state index in [1.54, 1.807) is 4.90 Å². The minimum Gasteiger partial charge on any atom is -0.490 e. The molecule has 0 spiro atoms. The van der Waals surface area contributed by atoms with Gasteiger partial charge in [0, 0.05) is 31.1 Å². The summed E-state index contributed by atoms with van der Waals surface area (Å²) in [6, 6.07) is 5.09. The highest BCUT2D eigenvalue weighted by molar-refractivity contribution is 6.34. The van der Waals surface area contributed by atoms with Gasteiger partial charge in [-0.1, -0.05) is 23.2 Å². The van der Waals surface area contributed by atoms with E-state index < -0.39 is 23.3 Å². The number of benzene rings is 2. The fourth-order valence-corrected chi connectivity index (χ4v) is 4.38. The fourth-order valence-electron chi connectivity index (χ4n) is 3.88. The van der Waals surface area contributed by atoms with Crippen molar-refractivity contribution in [1.29, 1.82) is 0 Å². The Kier molecular flexibility index (Phi) is 6.00. The van der Waals surface area contributed by atoms with Crippen LogP contribution in [0.2, 0.25) is 10.0 Å². The van der Waals surface area contributed by atoms with Crippen molar-refractivity contribution in [2.24, 2.45) is 0 Å². The van der Waals surface area contributed by atoms with Gasteiger partial charge in [-0.3, -0.25) is 4.79 Å². The first-order chi connectivity index (χ1) is 14.7. The van der Waals surface area contributed by atoms with Crippen LogP contribution in [0.25, 0.3) is 0 Å². The number of anilines is 2. The normalized spacial score (nSPS) is 23.4. The number of ether oxygens (including phenoxy) is 1. The van der Waals surface area contributed by atoms with Crippen LogP contribution >= 0.6 is 23.2 Å². The van der Waals surface area contributed by atoms with Crippen LogP contribution in [0.15, 0.2) is 24.3 Å². The van der Waals surface area contributed by atoms with Crippen LogP contribution in [0.5, 0.6) is 5.75 Å². The number of nitrogens with zero attached hydrogens (tertiary/aromatic N) is 1. The van der Waals surface area contributed by atoms with E-state index in [2.05, 4.69) is 5.32 Å². The second kappa shape index (κ2) is 8.43. The van der Waals surface area contributed by atoms with Gasteiger partial charge in [-0.2, -0.15) is 0 Å². The fraction of sp³-hybridized carbons (Fsp3) is 0.381. The summed E-state index contributed by atoms with van der Waals surface area (Å²) in [5, 5.41) is 24.1. The van der Waals surface area contributed by atoms with Gasteiger partial charge in [0.25, 0.3) is 0 Å². The maximum absolute atomic E-state index is 14.2. The third kappa shape index (κ3) is 4.30. The first kappa shape index (κ1) is 22.1. The number of rotatable bonds is 4. The van der Waals surface area contributed by atoms with Crippen molar-refractivity contribution >= 4 is 40.5 Å². The molecule has 0 saturated carbocycles. The number of hydrogen-bond donors (Lipinski definition) is 3. The topological polar surface area (TPSA) is 82.0 Å². The van der Waals surface area contributed by atoms with E-state index in [4.69, 9.17) is 27.9 Å². The first-order valence-corrected chi connectivity index (χ1v) is 10.5. The molecule has 4 rings (SSSR count). The molecule has 1 amide bonds. The SMILES string of the molecule is O=C1CCc2c(OCC3(O)CCN(c4ccc(F)cc4Cl)CC3O)cc(F)c(Cl)c2N1. The van der Waals surface area contributed by atoms with Gasteiger partial charge in [0.15, 0.2) is 0 Å². The van der Waals surface area contributed by atoms with Crippen molar-refractivity contribution in [3.05, 3.63) is 51.5 Å². The number of hydrogen-bond acceptors (Lipinski definition) is 5. The van der Waals surface area contributed by atoms with Crippen LogP contribution in [-0.4, -0.2) is 47.5 Å². The molecule has 2 aromatic rings. The van der Waals surface area contributed by atoms with Gasteiger partial charge in [0.2, 0.25) is 5.91 Å². The van der Waals surface area contributed by atoms with Crippen LogP contribution in [0.3, 0.4) is 0 Å². The molecule has 1 fully saturated rings. The third-order valence-electron chi connectivity index (χ3n) is 5.71. The minimum absolute atomic E-state index is 0.0500. The lowest BCUT2D eigenvalue weighted by molar-refractivity contribution is -0.116. The third-order valence-corrected chi connectivity index (χ3v) is 6.38. The molecule has 1 saturated heterocycles. The van der Waals surface area contributed by atoms with Gasteiger partial charge in [0.1, 0.15) is 40.7 Å². The zero-order valence-electron chi connectivity index (χ0n) is 16.3. The summed E-state index contributed by atoms with van der Waals surface area (Å²) in [6.45, 7) is 0.0976. The molecule has 0 aliphatic carbocycles. The molecule has 31 heavy (non-hydrogen) atoms. The lowest BCUT2D eigenvalue weighted by Crippen LogP contribution is -2.58. The van der Waals surface area contributed by atoms with Crippen LogP contribution < -0.4 is 15.0 Å². The molecule has 2 aliphatic heterocycles. The Bertz CT molecular complexity index is 1040. The van der Waals surface area contributed by atoms with E-state index in [1.165, 1.54) is 18.2 Å². The summed E-state index contributed by atoms with van der Waals surface area (Å²) in [5.74, 6) is -1.34. The molecule has 2 unspecified atom stereocenters. The Labute approximate surface area is 187 Å². The molecule has 3 N–H and O–H groups in total. The second-order valence-corrected chi connectivity index (χ2v) is 8.56. The van der Waals surface area contributed by atoms with Crippen molar-refractivity contribution < 1.29 is 28.5 Å². The summed E-state index contributed by atoms with van der Waals surface area (Å²) >= 11 is 12.1. The van der Waals surface area contributed by atoms with Gasteiger partial charge in [-0.05, 0) is 31.0 Å².